The van der Waals surface area contributed by atoms with Crippen LogP contribution in [-0.2, 0) is 34.1 Å². The molecule has 8 nitrogen and oxygen atoms in total. The molecule has 1 N–H and O–H groups in total. The van der Waals surface area contributed by atoms with Crippen molar-refractivity contribution in [3.8, 4) is 17.2 Å². The summed E-state index contributed by atoms with van der Waals surface area (Å²) in [4.78, 5) is 16.2. The molecule has 35 heavy (non-hydrogen) atoms. The first-order valence-electron chi connectivity index (χ1n) is 10.3. The van der Waals surface area contributed by atoms with E-state index in [2.05, 4.69) is 4.98 Å². The van der Waals surface area contributed by atoms with Gasteiger partial charge in [0.2, 0.25) is 15.9 Å². The topological polar surface area (TPSA) is 103 Å². The predicted molar refractivity (Wildman–Crippen MR) is 121 cm³/mol. The molecule has 0 bridgehead atoms. The van der Waals surface area contributed by atoms with E-state index in [1.54, 1.807) is 42.0 Å². The van der Waals surface area contributed by atoms with Crippen LogP contribution in [0.4, 0.5) is 13.2 Å². The number of nitrogens with one attached hydrogen (secondary N) is 1. The number of carbonyl (C=O) groups is 1. The van der Waals surface area contributed by atoms with Crippen molar-refractivity contribution >= 4 is 26.8 Å². The molecule has 2 heterocycles. The summed E-state index contributed by atoms with van der Waals surface area (Å²) >= 11 is 0. The lowest BCUT2D eigenvalue weighted by molar-refractivity contribution is -0.137. The summed E-state index contributed by atoms with van der Waals surface area (Å²) in [5.41, 5.74) is 0.863. The van der Waals surface area contributed by atoms with Crippen molar-refractivity contribution in [3.05, 3.63) is 71.7 Å². The molecule has 1 amide bonds. The largest absolute Gasteiger partial charge is 0.487 e. The summed E-state index contributed by atoms with van der Waals surface area (Å²) in [6, 6.07) is 11.5. The number of hydrogen-bond donors (Lipinski definition) is 1. The number of carbonyl (C=O) groups excluding carboxylic acids is 1. The zero-order valence-electron chi connectivity index (χ0n) is 18.6. The molecule has 0 atom stereocenters. The second-order valence-corrected chi connectivity index (χ2v) is 9.60. The van der Waals surface area contributed by atoms with E-state index in [0.29, 0.717) is 28.3 Å². The number of aromatic nitrogens is 2. The number of sulfonamides is 1. The van der Waals surface area contributed by atoms with Gasteiger partial charge in [-0.2, -0.15) is 13.2 Å². The summed E-state index contributed by atoms with van der Waals surface area (Å²) in [6.45, 7) is 1.59. The number of nitrogens with zero attached hydrogens (tertiary/aromatic N) is 2. The van der Waals surface area contributed by atoms with Gasteiger partial charge in [-0.05, 0) is 55.5 Å². The fourth-order valence-electron chi connectivity index (χ4n) is 3.44. The van der Waals surface area contributed by atoms with Gasteiger partial charge in [0, 0.05) is 22.7 Å². The molecular formula is C23H20F3N3O5S. The Balaban J connectivity index is 1.44. The van der Waals surface area contributed by atoms with Gasteiger partial charge in [0.05, 0.1) is 11.8 Å². The zero-order valence-corrected chi connectivity index (χ0v) is 19.4. The molecule has 2 aromatic heterocycles. The molecule has 0 saturated carbocycles. The molecule has 0 unspecified atom stereocenters. The lowest BCUT2D eigenvalue weighted by atomic mass is 10.1. The monoisotopic (exact) mass is 507 g/mol. The maximum atomic E-state index is 12.8. The number of ether oxygens (including phenoxy) is 1. The van der Waals surface area contributed by atoms with E-state index in [0.717, 1.165) is 23.8 Å². The minimum atomic E-state index is -4.42. The van der Waals surface area contributed by atoms with E-state index < -0.39 is 27.7 Å². The van der Waals surface area contributed by atoms with Crippen molar-refractivity contribution < 1.29 is 35.5 Å². The number of halogens is 3. The highest BCUT2D eigenvalue weighted by atomic mass is 32.2. The molecule has 0 aliphatic heterocycles. The Kier molecular flexibility index (Phi) is 6.32. The lowest BCUT2D eigenvalue weighted by Gasteiger charge is -2.07. The van der Waals surface area contributed by atoms with Crippen molar-refractivity contribution in [3.63, 3.8) is 0 Å². The number of alkyl halides is 3. The Morgan fingerprint density at radius 2 is 1.86 bits per heavy atom. The average molecular weight is 507 g/mol. The van der Waals surface area contributed by atoms with Gasteiger partial charge in [-0.15, -0.1) is 0 Å². The van der Waals surface area contributed by atoms with Crippen LogP contribution in [0.25, 0.3) is 22.4 Å². The summed E-state index contributed by atoms with van der Waals surface area (Å²) in [5.74, 6) is 0.531. The van der Waals surface area contributed by atoms with Gasteiger partial charge in [-0.3, -0.25) is 9.52 Å². The molecule has 12 heteroatoms. The molecule has 2 aromatic carbocycles. The molecule has 0 aliphatic carbocycles. The highest BCUT2D eigenvalue weighted by Crippen LogP contribution is 2.31. The van der Waals surface area contributed by atoms with E-state index in [4.69, 9.17) is 9.15 Å². The Hall–Kier alpha value is -3.80. The van der Waals surface area contributed by atoms with Crippen LogP contribution >= 0.6 is 0 Å². The molecular weight excluding hydrogens is 487 g/mol. The third-order valence-electron chi connectivity index (χ3n) is 5.08. The van der Waals surface area contributed by atoms with Crippen LogP contribution in [0.5, 0.6) is 5.75 Å². The maximum absolute atomic E-state index is 12.8. The van der Waals surface area contributed by atoms with E-state index in [-0.39, 0.29) is 19.0 Å². The number of aryl methyl sites for hydroxylation is 1. The summed E-state index contributed by atoms with van der Waals surface area (Å²) in [5, 5.41) is 0.775. The first kappa shape index (κ1) is 24.3. The molecule has 0 radical (unpaired) electrons. The van der Waals surface area contributed by atoms with Gasteiger partial charge in [0.15, 0.2) is 0 Å². The Morgan fingerprint density at radius 1 is 1.14 bits per heavy atom. The van der Waals surface area contributed by atoms with Gasteiger partial charge >= 0.3 is 6.18 Å². The van der Waals surface area contributed by atoms with Gasteiger partial charge in [0.25, 0.3) is 5.91 Å². The van der Waals surface area contributed by atoms with Gasteiger partial charge in [-0.1, -0.05) is 0 Å². The minimum Gasteiger partial charge on any atom is -0.487 e. The number of amides is 1. The normalized spacial score (nSPS) is 12.1. The SMILES string of the molecule is Cc1oc(-c2ccc(C(F)(F)F)cc2)nc1COc1ccc2c(ccn2CC(=O)NS(C)(=O)=O)c1. The quantitative estimate of drug-likeness (QED) is 0.401. The van der Waals surface area contributed by atoms with Crippen molar-refractivity contribution in [1.82, 2.24) is 14.3 Å². The minimum absolute atomic E-state index is 0.0684. The van der Waals surface area contributed by atoms with Gasteiger partial charge in [-0.25, -0.2) is 13.4 Å². The highest BCUT2D eigenvalue weighted by Gasteiger charge is 2.30. The number of fused-ring (bicyclic) bond motifs is 1. The van der Waals surface area contributed by atoms with Crippen molar-refractivity contribution in [1.29, 1.82) is 0 Å². The van der Waals surface area contributed by atoms with Crippen LogP contribution in [0.2, 0.25) is 0 Å². The molecule has 0 aliphatic rings. The van der Waals surface area contributed by atoms with Crippen LogP contribution in [0.3, 0.4) is 0 Å². The second-order valence-electron chi connectivity index (χ2n) is 7.85. The van der Waals surface area contributed by atoms with E-state index in [1.165, 1.54) is 12.1 Å². The standard InChI is InChI=1S/C23H20F3N3O5S/c1-14-19(27-22(34-14)15-3-5-17(6-4-15)23(24,25)26)13-33-18-7-8-20-16(11-18)9-10-29(20)12-21(30)28-35(2,31)32/h3-11H,12-13H2,1-2H3,(H,28,30). The van der Waals surface area contributed by atoms with Crippen molar-refractivity contribution in [2.45, 2.75) is 26.3 Å². The van der Waals surface area contributed by atoms with Crippen LogP contribution < -0.4 is 9.46 Å². The lowest BCUT2D eigenvalue weighted by Crippen LogP contribution is -2.32. The second kappa shape index (κ2) is 9.10. The first-order valence-corrected chi connectivity index (χ1v) is 12.1. The van der Waals surface area contributed by atoms with E-state index in [1.807, 2.05) is 4.72 Å². The maximum Gasteiger partial charge on any atom is 0.416 e. The highest BCUT2D eigenvalue weighted by molar-refractivity contribution is 7.89. The zero-order chi connectivity index (χ0) is 25.4. The summed E-state index contributed by atoms with van der Waals surface area (Å²) in [6.07, 6.45) is -1.85. The summed E-state index contributed by atoms with van der Waals surface area (Å²) < 4.78 is 75.7. The number of oxazole rings is 1. The molecule has 0 fully saturated rings. The van der Waals surface area contributed by atoms with E-state index in [9.17, 15) is 26.4 Å². The smallest absolute Gasteiger partial charge is 0.416 e. The average Bonchev–Trinajstić information content (AvgIpc) is 3.33. The molecule has 0 spiro atoms. The molecule has 0 saturated heterocycles. The van der Waals surface area contributed by atoms with Crippen molar-refractivity contribution in [2.75, 3.05) is 6.26 Å². The molecule has 4 aromatic rings. The number of hydrogen-bond acceptors (Lipinski definition) is 6. The number of rotatable bonds is 7. The van der Waals surface area contributed by atoms with Crippen LogP contribution in [0.1, 0.15) is 17.0 Å². The van der Waals surface area contributed by atoms with Gasteiger partial charge < -0.3 is 13.7 Å². The van der Waals surface area contributed by atoms with Crippen LogP contribution in [0.15, 0.2) is 59.1 Å². The fraction of sp³-hybridized carbons (Fsp3) is 0.217. The van der Waals surface area contributed by atoms with E-state index >= 15 is 0 Å². The third kappa shape index (κ3) is 5.83. The van der Waals surface area contributed by atoms with Crippen LogP contribution in [-0.4, -0.2) is 30.1 Å². The van der Waals surface area contributed by atoms with Gasteiger partial charge in [0.1, 0.15) is 30.4 Å². The Bertz CT molecular complexity index is 1490. The predicted octanol–water partition coefficient (Wildman–Crippen LogP) is 4.28. The molecule has 184 valence electrons. The first-order chi connectivity index (χ1) is 16.4. The third-order valence-corrected chi connectivity index (χ3v) is 5.68. The summed E-state index contributed by atoms with van der Waals surface area (Å²) in [7, 11) is -3.64. The number of benzene rings is 2. The fourth-order valence-corrected chi connectivity index (χ4v) is 3.92. The van der Waals surface area contributed by atoms with Crippen molar-refractivity contribution in [2.24, 2.45) is 0 Å². The Morgan fingerprint density at radius 3 is 2.51 bits per heavy atom. The molecule has 4 rings (SSSR count). The Labute approximate surface area is 198 Å². The van der Waals surface area contributed by atoms with Crippen LogP contribution in [0, 0.1) is 6.92 Å².